The molecule has 7 heteroatoms. The predicted molar refractivity (Wildman–Crippen MR) is 109 cm³/mol. The number of hydrogen-bond acceptors (Lipinski definition) is 5. The summed E-state index contributed by atoms with van der Waals surface area (Å²) in [5.74, 6) is 1.06. The lowest BCUT2D eigenvalue weighted by Gasteiger charge is -2.32. The van der Waals surface area contributed by atoms with Crippen LogP contribution in [0.25, 0.3) is 0 Å². The number of hydrogen-bond donors (Lipinski definition) is 1. The Labute approximate surface area is 168 Å². The molecule has 3 aliphatic heterocycles. The molecule has 152 valence electrons. The summed E-state index contributed by atoms with van der Waals surface area (Å²) in [6.07, 6.45) is 2.54. The molecule has 1 atom stereocenters. The number of benzene rings is 1. The molecule has 0 bridgehead atoms. The van der Waals surface area contributed by atoms with Gasteiger partial charge in [0.25, 0.3) is 0 Å². The summed E-state index contributed by atoms with van der Waals surface area (Å²) in [7, 11) is 1.34. The van der Waals surface area contributed by atoms with E-state index in [0.717, 1.165) is 43.7 Å². The highest BCUT2D eigenvalue weighted by molar-refractivity contribution is 6.62. The number of fused-ring (bicyclic) bond motifs is 1. The third kappa shape index (κ3) is 3.56. The molecule has 0 radical (unpaired) electrons. The first-order valence-corrected chi connectivity index (χ1v) is 10.3. The third-order valence-electron chi connectivity index (χ3n) is 6.71. The van der Waals surface area contributed by atoms with Gasteiger partial charge in [0.15, 0.2) is 0 Å². The Morgan fingerprint density at radius 2 is 1.93 bits per heavy atom. The molecule has 28 heavy (non-hydrogen) atoms. The number of nitrogens with one attached hydrogen (secondary N) is 1. The van der Waals surface area contributed by atoms with Crippen molar-refractivity contribution in [3.8, 4) is 5.75 Å². The van der Waals surface area contributed by atoms with Crippen molar-refractivity contribution in [1.82, 2.24) is 10.2 Å². The van der Waals surface area contributed by atoms with Crippen LogP contribution in [0.4, 0.5) is 0 Å². The van der Waals surface area contributed by atoms with Crippen LogP contribution in [0.5, 0.6) is 5.75 Å². The van der Waals surface area contributed by atoms with E-state index in [0.29, 0.717) is 6.42 Å². The molecule has 0 aromatic heterocycles. The number of nitrogens with zero attached hydrogens (tertiary/aromatic N) is 1. The Morgan fingerprint density at radius 3 is 2.54 bits per heavy atom. The second-order valence-electron chi connectivity index (χ2n) is 9.24. The van der Waals surface area contributed by atoms with E-state index >= 15 is 0 Å². The SMILES string of the molecule is COc1cc(B2OC(C)(C)C(C)(C)O2)cc2c1CN(C[C@@H]1CCC(=O)N1)CC2. The zero-order valence-corrected chi connectivity index (χ0v) is 17.6. The lowest BCUT2D eigenvalue weighted by atomic mass is 9.76. The van der Waals surface area contributed by atoms with E-state index in [2.05, 4.69) is 50.0 Å². The number of carbonyl (C=O) groups is 1. The maximum absolute atomic E-state index is 11.5. The fourth-order valence-electron chi connectivity index (χ4n) is 4.29. The minimum Gasteiger partial charge on any atom is -0.496 e. The number of methoxy groups -OCH3 is 1. The number of ether oxygens (including phenoxy) is 1. The largest absolute Gasteiger partial charge is 0.496 e. The fraction of sp³-hybridized carbons (Fsp3) is 0.667. The zero-order chi connectivity index (χ0) is 20.1. The van der Waals surface area contributed by atoms with Crippen LogP contribution in [0.15, 0.2) is 12.1 Å². The smallest absolute Gasteiger partial charge is 0.494 e. The summed E-state index contributed by atoms with van der Waals surface area (Å²) in [5, 5.41) is 3.07. The minimum absolute atomic E-state index is 0.173. The van der Waals surface area contributed by atoms with Gasteiger partial charge in [-0.2, -0.15) is 0 Å². The van der Waals surface area contributed by atoms with E-state index in [1.165, 1.54) is 11.1 Å². The summed E-state index contributed by atoms with van der Waals surface area (Å²) in [4.78, 5) is 13.9. The topological polar surface area (TPSA) is 60.0 Å². The van der Waals surface area contributed by atoms with Gasteiger partial charge in [0.1, 0.15) is 5.75 Å². The number of carbonyl (C=O) groups excluding carboxylic acids is 1. The van der Waals surface area contributed by atoms with Gasteiger partial charge in [-0.15, -0.1) is 0 Å². The zero-order valence-electron chi connectivity index (χ0n) is 17.6. The molecule has 2 fully saturated rings. The van der Waals surface area contributed by atoms with Crippen molar-refractivity contribution < 1.29 is 18.8 Å². The quantitative estimate of drug-likeness (QED) is 0.798. The van der Waals surface area contributed by atoms with Crippen molar-refractivity contribution in [2.75, 3.05) is 20.2 Å². The van der Waals surface area contributed by atoms with E-state index in [9.17, 15) is 4.79 Å². The molecule has 0 spiro atoms. The van der Waals surface area contributed by atoms with Crippen LogP contribution in [0.1, 0.15) is 51.7 Å². The third-order valence-corrected chi connectivity index (χ3v) is 6.71. The molecule has 1 amide bonds. The molecule has 4 rings (SSSR count). The van der Waals surface area contributed by atoms with E-state index in [1.807, 2.05) is 0 Å². The van der Waals surface area contributed by atoms with Crippen LogP contribution in [-0.4, -0.2) is 55.4 Å². The van der Waals surface area contributed by atoms with Crippen molar-refractivity contribution in [3.05, 3.63) is 23.3 Å². The van der Waals surface area contributed by atoms with E-state index < -0.39 is 0 Å². The summed E-state index contributed by atoms with van der Waals surface area (Å²) in [6.45, 7) is 11.0. The summed E-state index contributed by atoms with van der Waals surface area (Å²) >= 11 is 0. The van der Waals surface area contributed by atoms with Crippen molar-refractivity contribution in [2.45, 2.75) is 70.7 Å². The molecule has 1 N–H and O–H groups in total. The lowest BCUT2D eigenvalue weighted by Crippen LogP contribution is -2.42. The highest BCUT2D eigenvalue weighted by Gasteiger charge is 2.52. The monoisotopic (exact) mass is 386 g/mol. The maximum atomic E-state index is 11.5. The first kappa shape index (κ1) is 19.7. The molecule has 3 aliphatic rings. The van der Waals surface area contributed by atoms with Crippen molar-refractivity contribution >= 4 is 18.5 Å². The van der Waals surface area contributed by atoms with Crippen LogP contribution in [0.2, 0.25) is 0 Å². The first-order valence-electron chi connectivity index (χ1n) is 10.3. The molecule has 3 heterocycles. The van der Waals surface area contributed by atoms with E-state index in [1.54, 1.807) is 7.11 Å². The van der Waals surface area contributed by atoms with Crippen LogP contribution < -0.4 is 15.5 Å². The van der Waals surface area contributed by atoms with E-state index in [-0.39, 0.29) is 30.3 Å². The molecular weight excluding hydrogens is 355 g/mol. The maximum Gasteiger partial charge on any atom is 0.494 e. The highest BCUT2D eigenvalue weighted by atomic mass is 16.7. The first-order chi connectivity index (χ1) is 13.2. The molecule has 1 aromatic rings. The van der Waals surface area contributed by atoms with E-state index in [4.69, 9.17) is 14.0 Å². The van der Waals surface area contributed by atoms with Gasteiger partial charge in [0, 0.05) is 37.7 Å². The van der Waals surface area contributed by atoms with Gasteiger partial charge < -0.3 is 19.4 Å². The number of amides is 1. The average Bonchev–Trinajstić information content (AvgIpc) is 3.13. The van der Waals surface area contributed by atoms with Gasteiger partial charge in [-0.25, -0.2) is 0 Å². The second kappa shape index (κ2) is 7.04. The molecular formula is C21H31BN2O4. The Hall–Kier alpha value is -1.57. The van der Waals surface area contributed by atoms with Crippen LogP contribution in [0, 0.1) is 0 Å². The molecule has 6 nitrogen and oxygen atoms in total. The highest BCUT2D eigenvalue weighted by Crippen LogP contribution is 2.37. The predicted octanol–water partition coefficient (Wildman–Crippen LogP) is 1.63. The summed E-state index contributed by atoms with van der Waals surface area (Å²) in [5.41, 5.74) is 2.84. The minimum atomic E-state index is -0.379. The molecule has 2 saturated heterocycles. The average molecular weight is 386 g/mol. The normalized spacial score (nSPS) is 26.2. The Bertz CT molecular complexity index is 747. The number of rotatable bonds is 4. The molecule has 0 unspecified atom stereocenters. The molecule has 0 saturated carbocycles. The van der Waals surface area contributed by atoms with Gasteiger partial charge in [0.2, 0.25) is 5.91 Å². The Morgan fingerprint density at radius 1 is 1.21 bits per heavy atom. The van der Waals surface area contributed by atoms with Gasteiger partial charge in [0.05, 0.1) is 18.3 Å². The second-order valence-corrected chi connectivity index (χ2v) is 9.24. The van der Waals surface area contributed by atoms with Crippen LogP contribution in [0.3, 0.4) is 0 Å². The fourth-order valence-corrected chi connectivity index (χ4v) is 4.29. The summed E-state index contributed by atoms with van der Waals surface area (Å²) < 4.78 is 18.2. The Balaban J connectivity index is 1.53. The van der Waals surface area contributed by atoms with Gasteiger partial charge >= 0.3 is 7.12 Å². The standard InChI is InChI=1S/C21H31BN2O4/c1-20(2)21(3,4)28-22(27-20)15-10-14-8-9-24(12-16-6-7-19(25)23-16)13-17(14)18(11-15)26-5/h10-11,16H,6-9,12-13H2,1-5H3,(H,23,25)/t16-/m0/s1. The van der Waals surface area contributed by atoms with Crippen molar-refractivity contribution in [1.29, 1.82) is 0 Å². The van der Waals surface area contributed by atoms with Crippen LogP contribution >= 0.6 is 0 Å². The van der Waals surface area contributed by atoms with Crippen LogP contribution in [-0.2, 0) is 27.1 Å². The lowest BCUT2D eigenvalue weighted by molar-refractivity contribution is -0.119. The van der Waals surface area contributed by atoms with Gasteiger partial charge in [-0.1, -0.05) is 6.07 Å². The molecule has 0 aliphatic carbocycles. The summed E-state index contributed by atoms with van der Waals surface area (Å²) in [6, 6.07) is 4.54. The van der Waals surface area contributed by atoms with Gasteiger partial charge in [-0.3, -0.25) is 9.69 Å². The van der Waals surface area contributed by atoms with Crippen molar-refractivity contribution in [2.24, 2.45) is 0 Å². The van der Waals surface area contributed by atoms with Crippen molar-refractivity contribution in [3.63, 3.8) is 0 Å². The molecule has 1 aromatic carbocycles. The van der Waals surface area contributed by atoms with Gasteiger partial charge in [-0.05, 0) is 57.6 Å². The Kier molecular flexibility index (Phi) is 4.96.